The SMILES string of the molecule is NC(=O)CN1CCN(Cc2cccs2)C(CCO)C1. The first-order chi connectivity index (χ1) is 9.19. The highest BCUT2D eigenvalue weighted by atomic mass is 32.1. The summed E-state index contributed by atoms with van der Waals surface area (Å²) in [7, 11) is 0. The maximum atomic E-state index is 11.0. The lowest BCUT2D eigenvalue weighted by atomic mass is 10.1. The van der Waals surface area contributed by atoms with Crippen molar-refractivity contribution in [2.24, 2.45) is 5.73 Å². The van der Waals surface area contributed by atoms with Crippen LogP contribution in [-0.2, 0) is 11.3 Å². The van der Waals surface area contributed by atoms with Crippen molar-refractivity contribution >= 4 is 17.2 Å². The number of aliphatic hydroxyl groups is 1. The third-order valence-electron chi connectivity index (χ3n) is 3.47. The second-order valence-corrected chi connectivity index (χ2v) is 5.95. The van der Waals surface area contributed by atoms with Crippen LogP contribution in [0, 0.1) is 0 Å². The first kappa shape index (κ1) is 14.5. The molecule has 6 heteroatoms. The smallest absolute Gasteiger partial charge is 0.231 e. The molecule has 5 nitrogen and oxygen atoms in total. The van der Waals surface area contributed by atoms with E-state index in [0.717, 1.165) is 32.6 Å². The van der Waals surface area contributed by atoms with E-state index in [4.69, 9.17) is 5.73 Å². The number of hydrogen-bond acceptors (Lipinski definition) is 5. The van der Waals surface area contributed by atoms with E-state index in [0.29, 0.717) is 12.6 Å². The number of carbonyl (C=O) groups is 1. The lowest BCUT2D eigenvalue weighted by Crippen LogP contribution is -2.54. The van der Waals surface area contributed by atoms with Gasteiger partial charge in [0.25, 0.3) is 0 Å². The van der Waals surface area contributed by atoms with Crippen LogP contribution in [0.15, 0.2) is 17.5 Å². The van der Waals surface area contributed by atoms with E-state index in [1.807, 2.05) is 0 Å². The summed E-state index contributed by atoms with van der Waals surface area (Å²) >= 11 is 1.76. The van der Waals surface area contributed by atoms with Crippen LogP contribution in [0.2, 0.25) is 0 Å². The van der Waals surface area contributed by atoms with Crippen molar-refractivity contribution in [2.75, 3.05) is 32.8 Å². The largest absolute Gasteiger partial charge is 0.396 e. The lowest BCUT2D eigenvalue weighted by molar-refractivity contribution is -0.119. The number of carbonyl (C=O) groups excluding carboxylic acids is 1. The minimum Gasteiger partial charge on any atom is -0.396 e. The number of thiophene rings is 1. The van der Waals surface area contributed by atoms with E-state index in [2.05, 4.69) is 27.3 Å². The molecule has 1 atom stereocenters. The van der Waals surface area contributed by atoms with E-state index in [1.54, 1.807) is 11.3 Å². The van der Waals surface area contributed by atoms with Gasteiger partial charge in [0, 0.05) is 43.7 Å². The summed E-state index contributed by atoms with van der Waals surface area (Å²) in [5.41, 5.74) is 5.25. The number of aliphatic hydroxyl groups excluding tert-OH is 1. The van der Waals surface area contributed by atoms with Crippen LogP contribution < -0.4 is 5.73 Å². The summed E-state index contributed by atoms with van der Waals surface area (Å²) in [6, 6.07) is 4.49. The Bertz CT molecular complexity index is 397. The van der Waals surface area contributed by atoms with E-state index < -0.39 is 0 Å². The maximum Gasteiger partial charge on any atom is 0.231 e. The first-order valence-electron chi connectivity index (χ1n) is 6.57. The molecule has 0 saturated carbocycles. The van der Waals surface area contributed by atoms with Gasteiger partial charge in [-0.05, 0) is 17.9 Å². The summed E-state index contributed by atoms with van der Waals surface area (Å²) in [5.74, 6) is -0.283. The fourth-order valence-corrected chi connectivity index (χ4v) is 3.28. The molecule has 2 heterocycles. The van der Waals surface area contributed by atoms with Gasteiger partial charge < -0.3 is 10.8 Å². The number of piperazine rings is 1. The monoisotopic (exact) mass is 283 g/mol. The molecule has 2 rings (SSSR count). The molecular formula is C13H21N3O2S. The first-order valence-corrected chi connectivity index (χ1v) is 7.45. The summed E-state index contributed by atoms with van der Waals surface area (Å²) < 4.78 is 0. The second kappa shape index (κ2) is 7.00. The highest BCUT2D eigenvalue weighted by molar-refractivity contribution is 7.09. The zero-order chi connectivity index (χ0) is 13.7. The molecule has 19 heavy (non-hydrogen) atoms. The topological polar surface area (TPSA) is 69.8 Å². The van der Waals surface area contributed by atoms with E-state index in [1.165, 1.54) is 4.88 Å². The minimum absolute atomic E-state index is 0.177. The molecule has 0 aromatic carbocycles. The lowest BCUT2D eigenvalue weighted by Gasteiger charge is -2.40. The average Bonchev–Trinajstić information content (AvgIpc) is 2.85. The Balaban J connectivity index is 1.94. The van der Waals surface area contributed by atoms with Gasteiger partial charge in [0.15, 0.2) is 0 Å². The number of rotatable bonds is 6. The predicted octanol–water partition coefficient (Wildman–Crippen LogP) is 0.102. The van der Waals surface area contributed by atoms with E-state index >= 15 is 0 Å². The van der Waals surface area contributed by atoms with E-state index in [9.17, 15) is 9.90 Å². The normalized spacial score (nSPS) is 21.6. The highest BCUT2D eigenvalue weighted by Crippen LogP contribution is 2.18. The molecule has 1 aliphatic rings. The van der Waals surface area contributed by atoms with Crippen LogP contribution in [0.25, 0.3) is 0 Å². The van der Waals surface area contributed by atoms with Crippen molar-refractivity contribution in [1.29, 1.82) is 0 Å². The Hall–Kier alpha value is -0.950. The van der Waals surface area contributed by atoms with Crippen molar-refractivity contribution < 1.29 is 9.90 Å². The molecule has 0 radical (unpaired) electrons. The van der Waals surface area contributed by atoms with Gasteiger partial charge in [-0.25, -0.2) is 0 Å². The molecular weight excluding hydrogens is 262 g/mol. The quantitative estimate of drug-likeness (QED) is 0.777. The Labute approximate surface area is 117 Å². The summed E-state index contributed by atoms with van der Waals surface area (Å²) in [6.07, 6.45) is 0.737. The van der Waals surface area contributed by atoms with Crippen LogP contribution in [0.1, 0.15) is 11.3 Å². The third kappa shape index (κ3) is 4.28. The van der Waals surface area contributed by atoms with Crippen LogP contribution in [0.3, 0.4) is 0 Å². The number of amides is 1. The van der Waals surface area contributed by atoms with Gasteiger partial charge in [-0.2, -0.15) is 0 Å². The van der Waals surface area contributed by atoms with Crippen LogP contribution in [0.5, 0.6) is 0 Å². The summed E-state index contributed by atoms with van der Waals surface area (Å²) in [6.45, 7) is 3.98. The van der Waals surface area contributed by atoms with Gasteiger partial charge in [-0.15, -0.1) is 11.3 Å². The van der Waals surface area contributed by atoms with Crippen LogP contribution >= 0.6 is 11.3 Å². The van der Waals surface area contributed by atoms with Gasteiger partial charge in [-0.3, -0.25) is 14.6 Å². The molecule has 1 aliphatic heterocycles. The van der Waals surface area contributed by atoms with Crippen LogP contribution in [-0.4, -0.2) is 59.6 Å². The van der Waals surface area contributed by atoms with Gasteiger partial charge in [0.2, 0.25) is 5.91 Å². The summed E-state index contributed by atoms with van der Waals surface area (Å²) in [5, 5.41) is 11.3. The Kier molecular flexibility index (Phi) is 5.33. The van der Waals surface area contributed by atoms with Gasteiger partial charge in [0.1, 0.15) is 0 Å². The number of nitrogens with zero attached hydrogens (tertiary/aromatic N) is 2. The van der Waals surface area contributed by atoms with E-state index in [-0.39, 0.29) is 12.5 Å². The fourth-order valence-electron chi connectivity index (χ4n) is 2.55. The molecule has 1 aromatic heterocycles. The molecule has 1 fully saturated rings. The van der Waals surface area contributed by atoms with Crippen molar-refractivity contribution in [1.82, 2.24) is 9.80 Å². The molecule has 0 spiro atoms. The molecule has 0 aliphatic carbocycles. The number of hydrogen-bond donors (Lipinski definition) is 2. The zero-order valence-corrected chi connectivity index (χ0v) is 11.8. The molecule has 1 amide bonds. The maximum absolute atomic E-state index is 11.0. The average molecular weight is 283 g/mol. The Morgan fingerprint density at radius 1 is 1.53 bits per heavy atom. The summed E-state index contributed by atoms with van der Waals surface area (Å²) in [4.78, 5) is 16.8. The molecule has 1 saturated heterocycles. The second-order valence-electron chi connectivity index (χ2n) is 4.92. The molecule has 1 aromatic rings. The van der Waals surface area contributed by atoms with Crippen molar-refractivity contribution in [3.63, 3.8) is 0 Å². The molecule has 0 bridgehead atoms. The number of nitrogens with two attached hydrogens (primary N) is 1. The molecule has 106 valence electrons. The molecule has 3 N–H and O–H groups in total. The predicted molar refractivity (Wildman–Crippen MR) is 75.9 cm³/mol. The van der Waals surface area contributed by atoms with Gasteiger partial charge in [-0.1, -0.05) is 6.07 Å². The number of primary amides is 1. The van der Waals surface area contributed by atoms with Crippen LogP contribution in [0.4, 0.5) is 0 Å². The molecule has 1 unspecified atom stereocenters. The Morgan fingerprint density at radius 2 is 2.37 bits per heavy atom. The van der Waals surface area contributed by atoms with Gasteiger partial charge in [0.05, 0.1) is 6.54 Å². The van der Waals surface area contributed by atoms with Crippen molar-refractivity contribution in [3.8, 4) is 0 Å². The van der Waals surface area contributed by atoms with Gasteiger partial charge >= 0.3 is 0 Å². The van der Waals surface area contributed by atoms with Crippen molar-refractivity contribution in [3.05, 3.63) is 22.4 Å². The zero-order valence-electron chi connectivity index (χ0n) is 11.0. The minimum atomic E-state index is -0.283. The fraction of sp³-hybridized carbons (Fsp3) is 0.615. The standard InChI is InChI=1S/C13H21N3O2S/c14-13(18)10-15-4-5-16(11(8-15)3-6-17)9-12-2-1-7-19-12/h1-2,7,11,17H,3-6,8-10H2,(H2,14,18). The third-order valence-corrected chi connectivity index (χ3v) is 4.33. The van der Waals surface area contributed by atoms with Crippen molar-refractivity contribution in [2.45, 2.75) is 19.0 Å². The Morgan fingerprint density at radius 3 is 3.00 bits per heavy atom. The highest BCUT2D eigenvalue weighted by Gasteiger charge is 2.27.